The number of anilines is 1. The zero-order chi connectivity index (χ0) is 20.1. The molecule has 0 radical (unpaired) electrons. The predicted molar refractivity (Wildman–Crippen MR) is 113 cm³/mol. The third-order valence-corrected chi connectivity index (χ3v) is 5.76. The first-order chi connectivity index (χ1) is 13.4. The molecule has 0 aliphatic carbocycles. The molecule has 150 valence electrons. The van der Waals surface area contributed by atoms with Crippen molar-refractivity contribution < 1.29 is 9.59 Å². The Labute approximate surface area is 170 Å². The van der Waals surface area contributed by atoms with Crippen LogP contribution in [0.5, 0.6) is 0 Å². The average molecular weight is 401 g/mol. The predicted octanol–water partition coefficient (Wildman–Crippen LogP) is 3.36. The van der Waals surface area contributed by atoms with E-state index in [0.717, 1.165) is 42.4 Å². The van der Waals surface area contributed by atoms with Crippen LogP contribution < -0.4 is 10.6 Å². The van der Waals surface area contributed by atoms with Gasteiger partial charge in [0, 0.05) is 17.5 Å². The highest BCUT2D eigenvalue weighted by Gasteiger charge is 2.17. The van der Waals surface area contributed by atoms with E-state index in [0.29, 0.717) is 10.7 Å². The molecular formula is C21H28N4O2S. The summed E-state index contributed by atoms with van der Waals surface area (Å²) in [6.07, 6.45) is 2.46. The Bertz CT molecular complexity index is 820. The van der Waals surface area contributed by atoms with E-state index in [9.17, 15) is 9.59 Å². The Morgan fingerprint density at radius 3 is 2.54 bits per heavy atom. The summed E-state index contributed by atoms with van der Waals surface area (Å²) >= 11 is 1.42. The van der Waals surface area contributed by atoms with Crippen LogP contribution in [0.4, 0.5) is 5.13 Å². The molecule has 3 rings (SSSR count). The molecule has 2 aromatic rings. The van der Waals surface area contributed by atoms with E-state index in [1.807, 2.05) is 37.4 Å². The molecule has 1 aromatic heterocycles. The van der Waals surface area contributed by atoms with Gasteiger partial charge in [0.25, 0.3) is 5.91 Å². The molecule has 2 heterocycles. The zero-order valence-electron chi connectivity index (χ0n) is 16.7. The van der Waals surface area contributed by atoms with E-state index in [1.165, 1.54) is 24.2 Å². The molecule has 1 saturated heterocycles. The molecule has 0 saturated carbocycles. The van der Waals surface area contributed by atoms with Crippen LogP contribution in [0, 0.1) is 19.8 Å². The van der Waals surface area contributed by atoms with Crippen molar-refractivity contribution in [1.82, 2.24) is 15.2 Å². The summed E-state index contributed by atoms with van der Waals surface area (Å²) in [5.74, 6) is 0.284. The number of nitrogens with one attached hydrogen (secondary N) is 2. The number of rotatable bonds is 6. The topological polar surface area (TPSA) is 74.3 Å². The maximum absolute atomic E-state index is 12.2. The number of hydrogen-bond acceptors (Lipinski definition) is 5. The van der Waals surface area contributed by atoms with E-state index < -0.39 is 0 Å². The lowest BCUT2D eigenvalue weighted by atomic mass is 9.99. The van der Waals surface area contributed by atoms with Gasteiger partial charge in [0.15, 0.2) is 5.13 Å². The van der Waals surface area contributed by atoms with E-state index in [-0.39, 0.29) is 18.4 Å². The van der Waals surface area contributed by atoms with Crippen LogP contribution in [0.1, 0.15) is 46.9 Å². The summed E-state index contributed by atoms with van der Waals surface area (Å²) in [6.45, 7) is 9.14. The first-order valence-electron chi connectivity index (χ1n) is 9.72. The van der Waals surface area contributed by atoms with Crippen molar-refractivity contribution in [3.8, 4) is 0 Å². The highest BCUT2D eigenvalue weighted by molar-refractivity contribution is 7.13. The molecule has 1 aliphatic heterocycles. The number of thiazole rings is 1. The van der Waals surface area contributed by atoms with Crippen molar-refractivity contribution in [3.63, 3.8) is 0 Å². The molecule has 2 amide bonds. The fourth-order valence-electron chi connectivity index (χ4n) is 3.42. The summed E-state index contributed by atoms with van der Waals surface area (Å²) in [4.78, 5) is 31.3. The summed E-state index contributed by atoms with van der Waals surface area (Å²) in [6, 6.07) is 5.64. The molecule has 6 nitrogen and oxygen atoms in total. The Hall–Kier alpha value is -2.25. The van der Waals surface area contributed by atoms with Crippen LogP contribution in [-0.2, 0) is 11.3 Å². The minimum Gasteiger partial charge on any atom is -0.343 e. The molecule has 0 spiro atoms. The van der Waals surface area contributed by atoms with Gasteiger partial charge in [0.05, 0.1) is 12.2 Å². The number of likely N-dealkylation sites (tertiary alicyclic amines) is 1. The first-order valence-corrected chi connectivity index (χ1v) is 10.6. The second-order valence-electron chi connectivity index (χ2n) is 7.71. The Balaban J connectivity index is 1.46. The number of hydrogen-bond donors (Lipinski definition) is 2. The number of nitrogens with zero attached hydrogens (tertiary/aromatic N) is 2. The number of aryl methyl sites for hydroxylation is 2. The summed E-state index contributed by atoms with van der Waals surface area (Å²) in [7, 11) is 0. The minimum atomic E-state index is -0.273. The van der Waals surface area contributed by atoms with Gasteiger partial charge in [-0.2, -0.15) is 0 Å². The van der Waals surface area contributed by atoms with Gasteiger partial charge in [-0.05, 0) is 57.8 Å². The second kappa shape index (κ2) is 9.30. The molecule has 1 aromatic carbocycles. The van der Waals surface area contributed by atoms with Crippen LogP contribution in [0.25, 0.3) is 0 Å². The molecule has 0 unspecified atom stereocenters. The van der Waals surface area contributed by atoms with Crippen molar-refractivity contribution in [2.45, 2.75) is 40.2 Å². The Morgan fingerprint density at radius 1 is 1.18 bits per heavy atom. The first kappa shape index (κ1) is 20.5. The van der Waals surface area contributed by atoms with Crippen molar-refractivity contribution >= 4 is 28.3 Å². The van der Waals surface area contributed by atoms with Gasteiger partial charge in [0.1, 0.15) is 0 Å². The fourth-order valence-corrected chi connectivity index (χ4v) is 4.14. The minimum absolute atomic E-state index is 0.0786. The largest absolute Gasteiger partial charge is 0.343 e. The van der Waals surface area contributed by atoms with Crippen LogP contribution in [0.15, 0.2) is 23.6 Å². The van der Waals surface area contributed by atoms with Gasteiger partial charge in [-0.1, -0.05) is 24.1 Å². The summed E-state index contributed by atoms with van der Waals surface area (Å²) in [5.41, 5.74) is 3.59. The van der Waals surface area contributed by atoms with E-state index in [4.69, 9.17) is 0 Å². The van der Waals surface area contributed by atoms with E-state index >= 15 is 0 Å². The van der Waals surface area contributed by atoms with Gasteiger partial charge >= 0.3 is 0 Å². The highest BCUT2D eigenvalue weighted by Crippen LogP contribution is 2.21. The zero-order valence-corrected chi connectivity index (χ0v) is 17.6. The lowest BCUT2D eigenvalue weighted by Crippen LogP contribution is -2.33. The van der Waals surface area contributed by atoms with Crippen molar-refractivity contribution in [1.29, 1.82) is 0 Å². The third-order valence-electron chi connectivity index (χ3n) is 4.95. The molecular weight excluding hydrogens is 372 g/mol. The van der Waals surface area contributed by atoms with Crippen molar-refractivity contribution in [2.75, 3.05) is 25.0 Å². The SMILES string of the molecule is Cc1cc(C)cc(C(=O)NCC(=O)Nc2nc(CN3CCC(C)CC3)cs2)c1. The van der Waals surface area contributed by atoms with Gasteiger partial charge < -0.3 is 10.6 Å². The van der Waals surface area contributed by atoms with E-state index in [2.05, 4.69) is 27.4 Å². The smallest absolute Gasteiger partial charge is 0.251 e. The molecule has 7 heteroatoms. The van der Waals surface area contributed by atoms with E-state index in [1.54, 1.807) is 0 Å². The fraction of sp³-hybridized carbons (Fsp3) is 0.476. The number of benzene rings is 1. The Morgan fingerprint density at radius 2 is 1.86 bits per heavy atom. The second-order valence-corrected chi connectivity index (χ2v) is 8.57. The lowest BCUT2D eigenvalue weighted by molar-refractivity contribution is -0.115. The van der Waals surface area contributed by atoms with Crippen molar-refractivity contribution in [3.05, 3.63) is 46.0 Å². The maximum atomic E-state index is 12.2. The highest BCUT2D eigenvalue weighted by atomic mass is 32.1. The maximum Gasteiger partial charge on any atom is 0.251 e. The molecule has 0 bridgehead atoms. The van der Waals surface area contributed by atoms with Crippen LogP contribution in [-0.4, -0.2) is 41.3 Å². The monoisotopic (exact) mass is 400 g/mol. The normalized spacial score (nSPS) is 15.4. The van der Waals surface area contributed by atoms with Gasteiger partial charge in [-0.3, -0.25) is 14.5 Å². The lowest BCUT2D eigenvalue weighted by Gasteiger charge is -2.29. The quantitative estimate of drug-likeness (QED) is 0.780. The number of carbonyl (C=O) groups is 2. The number of amides is 2. The number of aromatic nitrogens is 1. The average Bonchev–Trinajstić information content (AvgIpc) is 3.07. The van der Waals surface area contributed by atoms with Gasteiger partial charge in [-0.15, -0.1) is 11.3 Å². The number of piperidine rings is 1. The van der Waals surface area contributed by atoms with Crippen LogP contribution in [0.2, 0.25) is 0 Å². The van der Waals surface area contributed by atoms with Crippen LogP contribution in [0.3, 0.4) is 0 Å². The third kappa shape index (κ3) is 5.87. The number of carbonyl (C=O) groups excluding carboxylic acids is 2. The van der Waals surface area contributed by atoms with Crippen molar-refractivity contribution in [2.24, 2.45) is 5.92 Å². The molecule has 1 fully saturated rings. The van der Waals surface area contributed by atoms with Gasteiger partial charge in [-0.25, -0.2) is 4.98 Å². The van der Waals surface area contributed by atoms with Crippen LogP contribution >= 0.6 is 11.3 Å². The standard InChI is InChI=1S/C21H28N4O2S/c1-14-4-6-25(7-5-14)12-18-13-28-21(23-18)24-19(26)11-22-20(27)17-9-15(2)8-16(3)10-17/h8-10,13-14H,4-7,11-12H2,1-3H3,(H,22,27)(H,23,24,26). The summed E-state index contributed by atoms with van der Waals surface area (Å²) in [5, 5.41) is 8.00. The summed E-state index contributed by atoms with van der Waals surface area (Å²) < 4.78 is 0. The molecule has 28 heavy (non-hydrogen) atoms. The molecule has 2 N–H and O–H groups in total. The van der Waals surface area contributed by atoms with Gasteiger partial charge in [0.2, 0.25) is 5.91 Å². The molecule has 1 aliphatic rings. The molecule has 0 atom stereocenters. The Kier molecular flexibility index (Phi) is 6.80.